The summed E-state index contributed by atoms with van der Waals surface area (Å²) in [5.74, 6) is 0.824. The Balaban J connectivity index is 0.00000243. The summed E-state index contributed by atoms with van der Waals surface area (Å²) in [6.07, 6.45) is 6.33. The molecule has 0 unspecified atom stereocenters. The monoisotopic (exact) mass is 394 g/mol. The Kier molecular flexibility index (Phi) is 7.97. The molecule has 1 aromatic carbocycles. The van der Waals surface area contributed by atoms with Gasteiger partial charge in [-0.3, -0.25) is 15.2 Å². The number of halogens is 1. The quantitative estimate of drug-likeness (QED) is 0.793. The number of nitrogens with zero attached hydrogens (tertiary/aromatic N) is 2. The van der Waals surface area contributed by atoms with Crippen molar-refractivity contribution in [1.82, 2.24) is 5.43 Å². The Morgan fingerprint density at radius 1 is 1.23 bits per heavy atom. The van der Waals surface area contributed by atoms with E-state index < -0.39 is 0 Å². The molecule has 0 spiro atoms. The first-order valence-electron chi connectivity index (χ1n) is 9.06. The van der Waals surface area contributed by atoms with Crippen LogP contribution in [0.1, 0.15) is 51.5 Å². The number of carbonyl (C=O) groups is 1. The summed E-state index contributed by atoms with van der Waals surface area (Å²) in [5.41, 5.74) is 6.00. The molecule has 2 aliphatic rings. The summed E-state index contributed by atoms with van der Waals surface area (Å²) in [4.78, 5) is 16.5. The number of amides is 1. The maximum Gasteiger partial charge on any atom is 0.226 e. The standard InChI is InChI=1S/C19H26N4OS.ClH/c1-13(2)18(24)20-16-10-8-14(9-11-16)17-12-25-19(23-22-17)21-15-6-4-3-5-7-15;/h8-11,13,15H,3-7,12H2,1-2H3,(H,20,24)(H,21,23);1H. The summed E-state index contributed by atoms with van der Waals surface area (Å²) in [5, 5.41) is 8.34. The Morgan fingerprint density at radius 3 is 2.50 bits per heavy atom. The molecule has 26 heavy (non-hydrogen) atoms. The van der Waals surface area contributed by atoms with Crippen LogP contribution >= 0.6 is 24.2 Å². The zero-order chi connectivity index (χ0) is 17.6. The number of aliphatic imine (C=N–C) groups is 1. The third-order valence-electron chi connectivity index (χ3n) is 4.52. The number of hydrazone groups is 1. The Morgan fingerprint density at radius 2 is 1.92 bits per heavy atom. The highest BCUT2D eigenvalue weighted by atomic mass is 35.5. The fourth-order valence-corrected chi connectivity index (χ4v) is 3.78. The van der Waals surface area contributed by atoms with E-state index in [1.807, 2.05) is 38.1 Å². The van der Waals surface area contributed by atoms with Crippen molar-refractivity contribution in [3.63, 3.8) is 0 Å². The van der Waals surface area contributed by atoms with Gasteiger partial charge in [-0.1, -0.05) is 57.0 Å². The zero-order valence-electron chi connectivity index (χ0n) is 15.3. The van der Waals surface area contributed by atoms with E-state index in [1.165, 1.54) is 32.1 Å². The molecule has 1 heterocycles. The van der Waals surface area contributed by atoms with E-state index in [4.69, 9.17) is 4.99 Å². The first-order chi connectivity index (χ1) is 12.1. The lowest BCUT2D eigenvalue weighted by molar-refractivity contribution is -0.118. The molecule has 1 aromatic rings. The summed E-state index contributed by atoms with van der Waals surface area (Å²) < 4.78 is 0. The summed E-state index contributed by atoms with van der Waals surface area (Å²) >= 11 is 1.72. The molecule has 7 heteroatoms. The van der Waals surface area contributed by atoms with Gasteiger partial charge in [-0.25, -0.2) is 0 Å². The van der Waals surface area contributed by atoms with Gasteiger partial charge in [0, 0.05) is 17.4 Å². The number of amidine groups is 1. The van der Waals surface area contributed by atoms with Crippen molar-refractivity contribution in [2.24, 2.45) is 16.0 Å². The number of hydrogen-bond donors (Lipinski definition) is 2. The zero-order valence-corrected chi connectivity index (χ0v) is 17.0. The highest BCUT2D eigenvalue weighted by Crippen LogP contribution is 2.23. The van der Waals surface area contributed by atoms with Crippen molar-refractivity contribution in [3.05, 3.63) is 29.8 Å². The fraction of sp³-hybridized carbons (Fsp3) is 0.526. The maximum absolute atomic E-state index is 11.7. The molecule has 142 valence electrons. The van der Waals surface area contributed by atoms with E-state index in [0.717, 1.165) is 27.9 Å². The molecule has 1 amide bonds. The minimum absolute atomic E-state index is 0. The van der Waals surface area contributed by atoms with E-state index in [0.29, 0.717) is 6.04 Å². The van der Waals surface area contributed by atoms with Crippen LogP contribution in [0, 0.1) is 5.92 Å². The Hall–Kier alpha value is -1.53. The van der Waals surface area contributed by atoms with Gasteiger partial charge in [-0.05, 0) is 30.5 Å². The Labute approximate surface area is 165 Å². The van der Waals surface area contributed by atoms with Gasteiger partial charge >= 0.3 is 0 Å². The second-order valence-electron chi connectivity index (χ2n) is 6.91. The molecule has 1 aliphatic carbocycles. The average molecular weight is 395 g/mol. The van der Waals surface area contributed by atoms with Crippen molar-refractivity contribution < 1.29 is 4.79 Å². The summed E-state index contributed by atoms with van der Waals surface area (Å²) in [7, 11) is 0. The van der Waals surface area contributed by atoms with E-state index in [2.05, 4.69) is 15.8 Å². The number of anilines is 1. The second-order valence-corrected chi connectivity index (χ2v) is 7.87. The van der Waals surface area contributed by atoms with Crippen LogP contribution in [-0.4, -0.2) is 28.6 Å². The van der Waals surface area contributed by atoms with Crippen LogP contribution in [-0.2, 0) is 4.79 Å². The third kappa shape index (κ3) is 5.74. The van der Waals surface area contributed by atoms with Crippen LogP contribution in [0.4, 0.5) is 5.69 Å². The number of rotatable bonds is 4. The lowest BCUT2D eigenvalue weighted by Gasteiger charge is -2.21. The van der Waals surface area contributed by atoms with Gasteiger partial charge in [-0.2, -0.15) is 5.10 Å². The van der Waals surface area contributed by atoms with Gasteiger partial charge in [-0.15, -0.1) is 12.4 Å². The van der Waals surface area contributed by atoms with E-state index in [9.17, 15) is 4.79 Å². The highest BCUT2D eigenvalue weighted by molar-refractivity contribution is 8.14. The number of thioether (sulfide) groups is 1. The van der Waals surface area contributed by atoms with Gasteiger partial charge in [0.25, 0.3) is 0 Å². The van der Waals surface area contributed by atoms with Gasteiger partial charge in [0.05, 0.1) is 11.8 Å². The predicted octanol–water partition coefficient (Wildman–Crippen LogP) is 4.43. The summed E-state index contributed by atoms with van der Waals surface area (Å²) in [6.45, 7) is 3.77. The molecular formula is C19H27ClN4OS. The Bertz CT molecular complexity index is 667. The smallest absolute Gasteiger partial charge is 0.226 e. The molecule has 1 fully saturated rings. The number of nitrogens with one attached hydrogen (secondary N) is 2. The second kappa shape index (κ2) is 9.97. The normalized spacial score (nSPS) is 19.5. The van der Waals surface area contributed by atoms with Gasteiger partial charge < -0.3 is 5.32 Å². The van der Waals surface area contributed by atoms with Crippen molar-refractivity contribution in [3.8, 4) is 0 Å². The van der Waals surface area contributed by atoms with E-state index >= 15 is 0 Å². The van der Waals surface area contributed by atoms with Crippen LogP contribution in [0.15, 0.2) is 34.4 Å². The fourth-order valence-electron chi connectivity index (χ4n) is 2.94. The molecule has 0 atom stereocenters. The molecular weight excluding hydrogens is 368 g/mol. The van der Waals surface area contributed by atoms with Crippen molar-refractivity contribution in [2.75, 3.05) is 11.1 Å². The van der Waals surface area contributed by atoms with Crippen LogP contribution < -0.4 is 10.7 Å². The van der Waals surface area contributed by atoms with Gasteiger partial charge in [0.15, 0.2) is 5.17 Å². The number of hydrogen-bond acceptors (Lipinski definition) is 4. The summed E-state index contributed by atoms with van der Waals surface area (Å²) in [6, 6.07) is 8.31. The highest BCUT2D eigenvalue weighted by Gasteiger charge is 2.17. The molecule has 0 saturated heterocycles. The first-order valence-corrected chi connectivity index (χ1v) is 10.0. The molecule has 5 nitrogen and oxygen atoms in total. The SMILES string of the molecule is CC(C)C(=O)Nc1ccc(C2=NNC(=NC3CCCCC3)SC2)cc1.Cl. The van der Waals surface area contributed by atoms with Gasteiger partial charge in [0.2, 0.25) is 5.91 Å². The lowest BCUT2D eigenvalue weighted by atomic mass is 9.96. The van der Waals surface area contributed by atoms with Crippen molar-refractivity contribution >= 4 is 46.6 Å². The van der Waals surface area contributed by atoms with Crippen LogP contribution in [0.25, 0.3) is 0 Å². The van der Waals surface area contributed by atoms with E-state index in [-0.39, 0.29) is 24.2 Å². The van der Waals surface area contributed by atoms with Crippen molar-refractivity contribution in [2.45, 2.75) is 52.0 Å². The number of carbonyl (C=O) groups excluding carboxylic acids is 1. The lowest BCUT2D eigenvalue weighted by Crippen LogP contribution is -2.27. The maximum atomic E-state index is 11.7. The third-order valence-corrected chi connectivity index (χ3v) is 5.40. The predicted molar refractivity (Wildman–Crippen MR) is 114 cm³/mol. The number of benzene rings is 1. The molecule has 0 bridgehead atoms. The van der Waals surface area contributed by atoms with Crippen LogP contribution in [0.2, 0.25) is 0 Å². The molecule has 3 rings (SSSR count). The van der Waals surface area contributed by atoms with E-state index in [1.54, 1.807) is 11.8 Å². The molecule has 0 aromatic heterocycles. The van der Waals surface area contributed by atoms with Crippen molar-refractivity contribution in [1.29, 1.82) is 0 Å². The minimum atomic E-state index is -0.0233. The molecule has 2 N–H and O–H groups in total. The van der Waals surface area contributed by atoms with Gasteiger partial charge in [0.1, 0.15) is 0 Å². The first kappa shape index (κ1) is 20.8. The molecule has 1 saturated carbocycles. The minimum Gasteiger partial charge on any atom is -0.326 e. The topological polar surface area (TPSA) is 65.8 Å². The molecule has 0 radical (unpaired) electrons. The largest absolute Gasteiger partial charge is 0.326 e. The average Bonchev–Trinajstić information content (AvgIpc) is 2.64. The van der Waals surface area contributed by atoms with Crippen LogP contribution in [0.5, 0.6) is 0 Å². The molecule has 1 aliphatic heterocycles. The van der Waals surface area contributed by atoms with Crippen LogP contribution in [0.3, 0.4) is 0 Å².